The Balaban J connectivity index is 1.81. The minimum atomic E-state index is -0.206. The number of nitrogens with two attached hydrogens (primary N) is 1. The molecule has 1 aromatic carbocycles. The van der Waals surface area contributed by atoms with Crippen LogP contribution in [-0.2, 0) is 4.79 Å². The van der Waals surface area contributed by atoms with Gasteiger partial charge in [-0.3, -0.25) is 15.4 Å². The average molecular weight is 276 g/mol. The summed E-state index contributed by atoms with van der Waals surface area (Å²) in [4.78, 5) is 23.5. The van der Waals surface area contributed by atoms with Crippen LogP contribution in [0.25, 0.3) is 0 Å². The first-order chi connectivity index (χ1) is 9.61. The van der Waals surface area contributed by atoms with Crippen molar-refractivity contribution in [2.75, 3.05) is 18.5 Å². The molecular weight excluding hydrogens is 256 g/mol. The first-order valence-corrected chi connectivity index (χ1v) is 6.75. The van der Waals surface area contributed by atoms with Gasteiger partial charge < -0.3 is 16.1 Å². The molecule has 0 aliphatic heterocycles. The molecule has 0 aromatic heterocycles. The Labute approximate surface area is 118 Å². The highest BCUT2D eigenvalue weighted by atomic mass is 16.2. The lowest BCUT2D eigenvalue weighted by Crippen LogP contribution is -2.35. The van der Waals surface area contributed by atoms with E-state index in [0.717, 1.165) is 18.4 Å². The van der Waals surface area contributed by atoms with E-state index in [1.54, 1.807) is 12.1 Å². The van der Waals surface area contributed by atoms with Gasteiger partial charge in [-0.1, -0.05) is 11.6 Å². The molecule has 0 spiro atoms. The van der Waals surface area contributed by atoms with Crippen LogP contribution in [0.15, 0.2) is 18.2 Å². The van der Waals surface area contributed by atoms with Crippen molar-refractivity contribution in [3.05, 3.63) is 29.3 Å². The highest BCUT2D eigenvalue weighted by Crippen LogP contribution is 2.28. The summed E-state index contributed by atoms with van der Waals surface area (Å²) in [6.45, 7) is 2.75. The van der Waals surface area contributed by atoms with Crippen LogP contribution in [0, 0.1) is 12.8 Å². The molecule has 0 saturated heterocycles. The van der Waals surface area contributed by atoms with Crippen molar-refractivity contribution in [1.29, 1.82) is 0 Å². The maximum atomic E-state index is 12.0. The number of benzene rings is 1. The third kappa shape index (κ3) is 3.71. The van der Waals surface area contributed by atoms with Crippen molar-refractivity contribution in [1.82, 2.24) is 10.6 Å². The first kappa shape index (κ1) is 14.3. The molecule has 2 amide bonds. The Morgan fingerprint density at radius 1 is 1.25 bits per heavy atom. The van der Waals surface area contributed by atoms with E-state index in [0.29, 0.717) is 24.3 Å². The quantitative estimate of drug-likeness (QED) is 0.346. The Bertz CT molecular complexity index is 512. The van der Waals surface area contributed by atoms with Crippen molar-refractivity contribution < 1.29 is 9.59 Å². The van der Waals surface area contributed by atoms with E-state index in [-0.39, 0.29) is 17.7 Å². The fraction of sp³-hybridized carbons (Fsp3) is 0.429. The third-order valence-corrected chi connectivity index (χ3v) is 3.23. The fourth-order valence-corrected chi connectivity index (χ4v) is 1.92. The van der Waals surface area contributed by atoms with E-state index in [2.05, 4.69) is 16.1 Å². The topological polar surface area (TPSA) is 96.2 Å². The zero-order valence-electron chi connectivity index (χ0n) is 11.5. The fourth-order valence-electron chi connectivity index (χ4n) is 1.92. The number of anilines is 1. The second-order valence-electron chi connectivity index (χ2n) is 5.01. The van der Waals surface area contributed by atoms with Crippen LogP contribution in [-0.4, -0.2) is 24.9 Å². The number of hydrogen-bond acceptors (Lipinski definition) is 4. The van der Waals surface area contributed by atoms with Gasteiger partial charge in [0.1, 0.15) is 0 Å². The summed E-state index contributed by atoms with van der Waals surface area (Å²) in [6.07, 6.45) is 1.96. The number of aryl methyl sites for hydroxylation is 1. The number of carbonyl (C=O) groups is 2. The molecule has 6 nitrogen and oxygen atoms in total. The molecular formula is C14H20N4O2. The Hall–Kier alpha value is -2.08. The zero-order chi connectivity index (χ0) is 14.5. The molecule has 6 heteroatoms. The standard InChI is InChI=1S/C14H20N4O2/c1-9-2-5-12(18-15)11(8-9)14(20)17-7-6-16-13(19)10-3-4-10/h2,5,8,10,18H,3-4,6-7,15H2,1H3,(H,16,19)(H,17,20). The van der Waals surface area contributed by atoms with Gasteiger partial charge in [0, 0.05) is 19.0 Å². The van der Waals surface area contributed by atoms with E-state index in [1.807, 2.05) is 13.0 Å². The van der Waals surface area contributed by atoms with Gasteiger partial charge in [-0.15, -0.1) is 0 Å². The molecule has 0 atom stereocenters. The second kappa shape index (κ2) is 6.38. The molecule has 1 aromatic rings. The molecule has 1 fully saturated rings. The summed E-state index contributed by atoms with van der Waals surface area (Å²) >= 11 is 0. The predicted molar refractivity (Wildman–Crippen MR) is 77.1 cm³/mol. The summed E-state index contributed by atoms with van der Waals surface area (Å²) in [7, 11) is 0. The highest BCUT2D eigenvalue weighted by molar-refractivity contribution is 5.99. The van der Waals surface area contributed by atoms with Crippen LogP contribution in [0.3, 0.4) is 0 Å². The molecule has 0 bridgehead atoms. The Morgan fingerprint density at radius 3 is 2.60 bits per heavy atom. The molecule has 5 N–H and O–H groups in total. The lowest BCUT2D eigenvalue weighted by atomic mass is 10.1. The normalized spacial score (nSPS) is 13.7. The van der Waals surface area contributed by atoms with Crippen LogP contribution >= 0.6 is 0 Å². The Morgan fingerprint density at radius 2 is 1.95 bits per heavy atom. The van der Waals surface area contributed by atoms with Gasteiger partial charge in [0.15, 0.2) is 0 Å². The van der Waals surface area contributed by atoms with Crippen LogP contribution in [0.4, 0.5) is 5.69 Å². The van der Waals surface area contributed by atoms with E-state index in [4.69, 9.17) is 5.84 Å². The lowest BCUT2D eigenvalue weighted by Gasteiger charge is -2.11. The molecule has 1 saturated carbocycles. The molecule has 108 valence electrons. The van der Waals surface area contributed by atoms with Crippen molar-refractivity contribution in [2.24, 2.45) is 11.8 Å². The summed E-state index contributed by atoms with van der Waals surface area (Å²) in [6, 6.07) is 5.41. The summed E-state index contributed by atoms with van der Waals surface area (Å²) in [5.41, 5.74) is 4.57. The third-order valence-electron chi connectivity index (χ3n) is 3.23. The van der Waals surface area contributed by atoms with Gasteiger partial charge in [0.05, 0.1) is 11.3 Å². The average Bonchev–Trinajstić information content (AvgIpc) is 3.27. The van der Waals surface area contributed by atoms with Crippen LogP contribution in [0.2, 0.25) is 0 Å². The summed E-state index contributed by atoms with van der Waals surface area (Å²) in [5.74, 6) is 5.45. The van der Waals surface area contributed by atoms with Gasteiger partial charge >= 0.3 is 0 Å². The summed E-state index contributed by atoms with van der Waals surface area (Å²) in [5, 5.41) is 5.56. The molecule has 0 heterocycles. The number of nitrogen functional groups attached to an aromatic ring is 1. The van der Waals surface area contributed by atoms with Gasteiger partial charge in [-0.05, 0) is 31.9 Å². The molecule has 2 rings (SSSR count). The number of nitrogens with one attached hydrogen (secondary N) is 3. The minimum Gasteiger partial charge on any atom is -0.354 e. The summed E-state index contributed by atoms with van der Waals surface area (Å²) < 4.78 is 0. The Kier molecular flexibility index (Phi) is 4.57. The van der Waals surface area contributed by atoms with Gasteiger partial charge in [-0.2, -0.15) is 0 Å². The molecule has 0 unspecified atom stereocenters. The molecule has 1 aliphatic rings. The maximum absolute atomic E-state index is 12.0. The predicted octanol–water partition coefficient (Wildman–Crippen LogP) is 0.537. The van der Waals surface area contributed by atoms with Gasteiger partial charge in [0.25, 0.3) is 5.91 Å². The van der Waals surface area contributed by atoms with Crippen LogP contribution < -0.4 is 21.9 Å². The van der Waals surface area contributed by atoms with Crippen LogP contribution in [0.1, 0.15) is 28.8 Å². The zero-order valence-corrected chi connectivity index (χ0v) is 11.5. The van der Waals surface area contributed by atoms with E-state index in [1.165, 1.54) is 0 Å². The van der Waals surface area contributed by atoms with Crippen molar-refractivity contribution in [3.8, 4) is 0 Å². The SMILES string of the molecule is Cc1ccc(NN)c(C(=O)NCCNC(=O)C2CC2)c1. The van der Waals surface area contributed by atoms with E-state index in [9.17, 15) is 9.59 Å². The molecule has 20 heavy (non-hydrogen) atoms. The monoisotopic (exact) mass is 276 g/mol. The van der Waals surface area contributed by atoms with Crippen LogP contribution in [0.5, 0.6) is 0 Å². The number of carbonyl (C=O) groups excluding carboxylic acids is 2. The number of hydrogen-bond donors (Lipinski definition) is 4. The number of amides is 2. The van der Waals surface area contributed by atoms with Crippen molar-refractivity contribution in [2.45, 2.75) is 19.8 Å². The molecule has 0 radical (unpaired) electrons. The smallest absolute Gasteiger partial charge is 0.253 e. The van der Waals surface area contributed by atoms with Gasteiger partial charge in [-0.25, -0.2) is 0 Å². The molecule has 1 aliphatic carbocycles. The first-order valence-electron chi connectivity index (χ1n) is 6.75. The number of hydrazine groups is 1. The lowest BCUT2D eigenvalue weighted by molar-refractivity contribution is -0.122. The van der Waals surface area contributed by atoms with E-state index >= 15 is 0 Å². The second-order valence-corrected chi connectivity index (χ2v) is 5.01. The van der Waals surface area contributed by atoms with E-state index < -0.39 is 0 Å². The highest BCUT2D eigenvalue weighted by Gasteiger charge is 2.28. The number of rotatable bonds is 6. The van der Waals surface area contributed by atoms with Crippen molar-refractivity contribution >= 4 is 17.5 Å². The largest absolute Gasteiger partial charge is 0.354 e. The minimum absolute atomic E-state index is 0.0825. The maximum Gasteiger partial charge on any atom is 0.253 e. The van der Waals surface area contributed by atoms with Gasteiger partial charge in [0.2, 0.25) is 5.91 Å². The van der Waals surface area contributed by atoms with Crippen molar-refractivity contribution in [3.63, 3.8) is 0 Å².